The summed E-state index contributed by atoms with van der Waals surface area (Å²) in [6.45, 7) is 0.222. The van der Waals surface area contributed by atoms with Crippen LogP contribution in [0.4, 0.5) is 0 Å². The highest BCUT2D eigenvalue weighted by atomic mass is 16.7. The van der Waals surface area contributed by atoms with Crippen LogP contribution in [0, 0.1) is 0 Å². The predicted octanol–water partition coefficient (Wildman–Crippen LogP) is 1.53. The molecule has 2 heterocycles. The molecule has 1 aliphatic rings. The first-order valence-electron chi connectivity index (χ1n) is 5.24. The molecule has 5 nitrogen and oxygen atoms in total. The minimum Gasteiger partial charge on any atom is -0.481 e. The highest BCUT2D eigenvalue weighted by molar-refractivity contribution is 5.90. The molecule has 0 unspecified atom stereocenters. The number of hydrogen-bond acceptors (Lipinski definition) is 3. The number of hydrogen-bond donors (Lipinski definition) is 1. The molecule has 1 aromatic carbocycles. The third kappa shape index (κ3) is 1.51. The van der Waals surface area contributed by atoms with Crippen LogP contribution >= 0.6 is 0 Å². The van der Waals surface area contributed by atoms with Gasteiger partial charge < -0.3 is 19.1 Å². The van der Waals surface area contributed by atoms with Crippen molar-refractivity contribution in [1.29, 1.82) is 0 Å². The topological polar surface area (TPSA) is 60.7 Å². The number of nitrogens with zero attached hydrogens (tertiary/aromatic N) is 1. The lowest BCUT2D eigenvalue weighted by Gasteiger charge is -1.99. The fourth-order valence-corrected chi connectivity index (χ4v) is 2.16. The molecule has 0 aliphatic carbocycles. The van der Waals surface area contributed by atoms with Crippen molar-refractivity contribution in [3.63, 3.8) is 0 Å². The van der Waals surface area contributed by atoms with Crippen molar-refractivity contribution in [2.24, 2.45) is 7.05 Å². The van der Waals surface area contributed by atoms with Gasteiger partial charge in [-0.1, -0.05) is 0 Å². The Bertz CT molecular complexity index is 614. The van der Waals surface area contributed by atoms with Gasteiger partial charge in [0.2, 0.25) is 6.79 Å². The lowest BCUT2D eigenvalue weighted by atomic mass is 10.1. The molecule has 0 atom stereocenters. The zero-order valence-corrected chi connectivity index (χ0v) is 9.27. The lowest BCUT2D eigenvalue weighted by molar-refractivity contribution is -0.136. The van der Waals surface area contributed by atoms with Gasteiger partial charge in [0.1, 0.15) is 0 Å². The van der Waals surface area contributed by atoms with Crippen LogP contribution in [-0.4, -0.2) is 22.4 Å². The monoisotopic (exact) mass is 233 g/mol. The van der Waals surface area contributed by atoms with Crippen molar-refractivity contribution < 1.29 is 19.4 Å². The smallest absolute Gasteiger partial charge is 0.307 e. The second-order valence-electron chi connectivity index (χ2n) is 4.06. The summed E-state index contributed by atoms with van der Waals surface area (Å²) in [5.74, 6) is 0.547. The minimum absolute atomic E-state index is 0.0109. The van der Waals surface area contributed by atoms with Crippen molar-refractivity contribution in [3.8, 4) is 11.5 Å². The maximum absolute atomic E-state index is 10.8. The van der Waals surface area contributed by atoms with Crippen molar-refractivity contribution in [1.82, 2.24) is 4.57 Å². The Labute approximate surface area is 97.2 Å². The van der Waals surface area contributed by atoms with Gasteiger partial charge in [-0.2, -0.15) is 0 Å². The number of fused-ring (bicyclic) bond motifs is 2. The number of aliphatic carboxylic acids is 1. The van der Waals surface area contributed by atoms with Gasteiger partial charge in [0, 0.05) is 24.7 Å². The first-order valence-corrected chi connectivity index (χ1v) is 5.24. The van der Waals surface area contributed by atoms with Crippen LogP contribution in [0.1, 0.15) is 5.56 Å². The third-order valence-corrected chi connectivity index (χ3v) is 2.91. The molecule has 88 valence electrons. The fraction of sp³-hybridized carbons (Fsp3) is 0.250. The molecule has 1 aromatic heterocycles. The van der Waals surface area contributed by atoms with E-state index in [9.17, 15) is 4.79 Å². The Morgan fingerprint density at radius 1 is 1.41 bits per heavy atom. The van der Waals surface area contributed by atoms with Crippen molar-refractivity contribution in [2.75, 3.05) is 6.79 Å². The molecule has 0 saturated heterocycles. The molecule has 2 aromatic rings. The van der Waals surface area contributed by atoms with E-state index in [1.165, 1.54) is 0 Å². The average molecular weight is 233 g/mol. The number of carboxylic acid groups (broad SMARTS) is 1. The van der Waals surface area contributed by atoms with Crippen LogP contribution in [0.15, 0.2) is 18.3 Å². The van der Waals surface area contributed by atoms with E-state index in [0.29, 0.717) is 11.5 Å². The summed E-state index contributed by atoms with van der Waals surface area (Å²) in [6, 6.07) is 3.72. The average Bonchev–Trinajstić information content (AvgIpc) is 2.82. The molecule has 0 amide bonds. The van der Waals surface area contributed by atoms with Gasteiger partial charge in [0.25, 0.3) is 0 Å². The quantitative estimate of drug-likeness (QED) is 0.854. The molecule has 17 heavy (non-hydrogen) atoms. The highest BCUT2D eigenvalue weighted by Crippen LogP contribution is 2.37. The molecule has 5 heteroatoms. The van der Waals surface area contributed by atoms with E-state index in [1.54, 1.807) is 0 Å². The van der Waals surface area contributed by atoms with Crippen molar-refractivity contribution in [3.05, 3.63) is 23.9 Å². The molecule has 0 radical (unpaired) electrons. The van der Waals surface area contributed by atoms with E-state index in [1.807, 2.05) is 29.9 Å². The number of aryl methyl sites for hydroxylation is 1. The number of ether oxygens (including phenoxy) is 2. The molecule has 0 saturated carbocycles. The standard InChI is InChI=1S/C12H11NO4/c1-13-5-7(2-12(14)15)8-3-10-11(4-9(8)13)17-6-16-10/h3-5H,2,6H2,1H3,(H,14,15). The van der Waals surface area contributed by atoms with Gasteiger partial charge in [0.05, 0.1) is 11.9 Å². The maximum Gasteiger partial charge on any atom is 0.307 e. The Kier molecular flexibility index (Phi) is 2.01. The van der Waals surface area contributed by atoms with Gasteiger partial charge in [0.15, 0.2) is 11.5 Å². The number of benzene rings is 1. The SMILES string of the molecule is Cn1cc(CC(=O)O)c2cc3c(cc21)OCO3. The van der Waals surface area contributed by atoms with Gasteiger partial charge in [-0.15, -0.1) is 0 Å². The Morgan fingerprint density at radius 2 is 2.12 bits per heavy atom. The van der Waals surface area contributed by atoms with Crippen LogP contribution in [-0.2, 0) is 18.3 Å². The van der Waals surface area contributed by atoms with Crippen LogP contribution in [0.2, 0.25) is 0 Å². The number of rotatable bonds is 2. The van der Waals surface area contributed by atoms with E-state index in [2.05, 4.69) is 0 Å². The second-order valence-corrected chi connectivity index (χ2v) is 4.06. The van der Waals surface area contributed by atoms with Crippen LogP contribution < -0.4 is 9.47 Å². The molecule has 0 fully saturated rings. The largest absolute Gasteiger partial charge is 0.481 e. The zero-order valence-electron chi connectivity index (χ0n) is 9.27. The summed E-state index contributed by atoms with van der Waals surface area (Å²) in [7, 11) is 1.88. The predicted molar refractivity (Wildman–Crippen MR) is 60.4 cm³/mol. The summed E-state index contributed by atoms with van der Waals surface area (Å²) >= 11 is 0. The van der Waals surface area contributed by atoms with Crippen LogP contribution in [0.3, 0.4) is 0 Å². The van der Waals surface area contributed by atoms with E-state index in [4.69, 9.17) is 14.6 Å². The van der Waals surface area contributed by atoms with Crippen LogP contribution in [0.5, 0.6) is 11.5 Å². The Hall–Kier alpha value is -2.17. The normalized spacial score (nSPS) is 13.2. The first-order chi connectivity index (χ1) is 8.15. The van der Waals surface area contributed by atoms with E-state index in [-0.39, 0.29) is 13.2 Å². The molecular weight excluding hydrogens is 222 g/mol. The molecule has 1 N–H and O–H groups in total. The van der Waals surface area contributed by atoms with Crippen LogP contribution in [0.25, 0.3) is 10.9 Å². The Balaban J connectivity index is 2.22. The molecule has 0 bridgehead atoms. The molecule has 1 aliphatic heterocycles. The zero-order chi connectivity index (χ0) is 12.0. The summed E-state index contributed by atoms with van der Waals surface area (Å²) in [6.07, 6.45) is 1.84. The molecule has 3 rings (SSSR count). The molecular formula is C12H11NO4. The highest BCUT2D eigenvalue weighted by Gasteiger charge is 2.18. The van der Waals surface area contributed by atoms with E-state index in [0.717, 1.165) is 16.5 Å². The summed E-state index contributed by atoms with van der Waals surface area (Å²) in [5, 5.41) is 9.77. The van der Waals surface area contributed by atoms with E-state index < -0.39 is 5.97 Å². The van der Waals surface area contributed by atoms with Gasteiger partial charge in [-0.25, -0.2) is 0 Å². The molecule has 0 spiro atoms. The van der Waals surface area contributed by atoms with Gasteiger partial charge in [-0.3, -0.25) is 4.79 Å². The first kappa shape index (κ1) is 10.0. The van der Waals surface area contributed by atoms with Gasteiger partial charge >= 0.3 is 5.97 Å². The number of carboxylic acids is 1. The Morgan fingerprint density at radius 3 is 2.82 bits per heavy atom. The van der Waals surface area contributed by atoms with Crippen molar-refractivity contribution >= 4 is 16.9 Å². The number of aromatic nitrogens is 1. The minimum atomic E-state index is -0.838. The number of carbonyl (C=O) groups is 1. The lowest BCUT2D eigenvalue weighted by Crippen LogP contribution is -1.99. The fourth-order valence-electron chi connectivity index (χ4n) is 2.16. The van der Waals surface area contributed by atoms with Gasteiger partial charge in [-0.05, 0) is 11.6 Å². The third-order valence-electron chi connectivity index (χ3n) is 2.91. The summed E-state index contributed by atoms with van der Waals surface area (Å²) < 4.78 is 12.5. The summed E-state index contributed by atoms with van der Waals surface area (Å²) in [5.41, 5.74) is 1.74. The van der Waals surface area contributed by atoms with Crippen molar-refractivity contribution in [2.45, 2.75) is 6.42 Å². The summed E-state index contributed by atoms with van der Waals surface area (Å²) in [4.78, 5) is 10.8. The van der Waals surface area contributed by atoms with E-state index >= 15 is 0 Å². The second kappa shape index (κ2) is 3.41. The maximum atomic E-state index is 10.8.